The summed E-state index contributed by atoms with van der Waals surface area (Å²) in [6.45, 7) is 28.0. The average Bonchev–Trinajstić information content (AvgIpc) is 3.22. The Labute approximate surface area is 394 Å². The third kappa shape index (κ3) is 24.7. The van der Waals surface area contributed by atoms with Crippen molar-refractivity contribution in [2.45, 2.75) is 153 Å². The lowest BCUT2D eigenvalue weighted by molar-refractivity contribution is -0.127. The number of carbonyl (C=O) groups is 3. The summed E-state index contributed by atoms with van der Waals surface area (Å²) in [6.07, 6.45) is 34.4. The van der Waals surface area contributed by atoms with Crippen molar-refractivity contribution in [1.82, 2.24) is 16.0 Å². The topological polar surface area (TPSA) is 115 Å². The van der Waals surface area contributed by atoms with Crippen molar-refractivity contribution in [1.29, 1.82) is 0 Å². The van der Waals surface area contributed by atoms with Crippen LogP contribution in [0.1, 0.15) is 147 Å². The first kappa shape index (κ1) is 56.8. The second-order valence-electron chi connectivity index (χ2n) is 19.2. The van der Waals surface area contributed by atoms with Gasteiger partial charge in [0, 0.05) is 38.5 Å². The van der Waals surface area contributed by atoms with E-state index in [2.05, 4.69) is 109 Å². The van der Waals surface area contributed by atoms with Crippen LogP contribution in [0.4, 0.5) is 0 Å². The molecule has 9 nitrogen and oxygen atoms in total. The van der Waals surface area contributed by atoms with Crippen molar-refractivity contribution in [3.05, 3.63) is 117 Å². The molecule has 0 saturated heterocycles. The van der Waals surface area contributed by atoms with Gasteiger partial charge in [-0.2, -0.15) is 0 Å². The fourth-order valence-corrected chi connectivity index (χ4v) is 8.19. The Hall–Kier alpha value is -4.31. The number of carbonyl (C=O) groups excluding carboxylic acids is 3. The Bertz CT molecular complexity index is 1830. The highest BCUT2D eigenvalue weighted by Crippen LogP contribution is 2.41. The smallest absolute Gasteiger partial charge is 0.244 e. The van der Waals surface area contributed by atoms with E-state index in [0.29, 0.717) is 71.8 Å². The fraction of sp³-hybridized carbons (Fsp3) is 0.589. The van der Waals surface area contributed by atoms with Gasteiger partial charge in [0.1, 0.15) is 6.04 Å². The molecule has 362 valence electrons. The molecule has 0 spiro atoms. The molecule has 3 amide bonds. The molecule has 9 heteroatoms. The number of allylic oxidation sites excluding steroid dienone is 18. The van der Waals surface area contributed by atoms with Crippen LogP contribution >= 0.6 is 0 Å². The third-order valence-electron chi connectivity index (χ3n) is 12.0. The number of ether oxygens (including phenoxy) is 3. The van der Waals surface area contributed by atoms with Crippen LogP contribution < -0.4 is 16.0 Å². The first-order chi connectivity index (χ1) is 30.9. The molecule has 0 saturated carbocycles. The molecule has 1 atom stereocenters. The van der Waals surface area contributed by atoms with E-state index in [1.54, 1.807) is 6.08 Å². The number of rotatable bonds is 29. The lowest BCUT2D eigenvalue weighted by atomic mass is 9.72. The lowest BCUT2D eigenvalue weighted by Gasteiger charge is -2.33. The highest BCUT2D eigenvalue weighted by Gasteiger charge is 2.27. The molecule has 0 aromatic heterocycles. The number of hydrogen-bond acceptors (Lipinski definition) is 6. The lowest BCUT2D eigenvalue weighted by Crippen LogP contribution is -2.46. The Morgan fingerprint density at radius 2 is 1.08 bits per heavy atom. The van der Waals surface area contributed by atoms with Gasteiger partial charge in [0.25, 0.3) is 0 Å². The van der Waals surface area contributed by atoms with Gasteiger partial charge in [-0.3, -0.25) is 14.4 Å². The summed E-state index contributed by atoms with van der Waals surface area (Å²) in [4.78, 5) is 39.2. The molecule has 2 aliphatic rings. The molecule has 2 rings (SSSR count). The Morgan fingerprint density at radius 1 is 0.600 bits per heavy atom. The van der Waals surface area contributed by atoms with Gasteiger partial charge in [0.2, 0.25) is 17.7 Å². The van der Waals surface area contributed by atoms with Crippen LogP contribution in [0.3, 0.4) is 0 Å². The van der Waals surface area contributed by atoms with Crippen LogP contribution in [0.5, 0.6) is 0 Å². The van der Waals surface area contributed by atoms with Crippen LogP contribution in [-0.4, -0.2) is 76.5 Å². The van der Waals surface area contributed by atoms with E-state index in [-0.39, 0.29) is 28.6 Å². The van der Waals surface area contributed by atoms with Gasteiger partial charge in [-0.15, -0.1) is 0 Å². The molecule has 0 aromatic carbocycles. The van der Waals surface area contributed by atoms with Crippen LogP contribution in [-0.2, 0) is 28.6 Å². The minimum Gasteiger partial charge on any atom is -0.379 e. The van der Waals surface area contributed by atoms with E-state index in [1.165, 1.54) is 60.5 Å². The maximum absolute atomic E-state index is 13.4. The van der Waals surface area contributed by atoms with Crippen LogP contribution in [0.25, 0.3) is 0 Å². The number of nitrogens with one attached hydrogen (secondary N) is 3. The van der Waals surface area contributed by atoms with Crippen LogP contribution in [0, 0.1) is 10.8 Å². The monoisotopic (exact) mass is 898 g/mol. The van der Waals surface area contributed by atoms with Crippen molar-refractivity contribution >= 4 is 17.7 Å². The molecule has 0 unspecified atom stereocenters. The number of hydrogen-bond donors (Lipinski definition) is 3. The Balaban J connectivity index is 1.92. The van der Waals surface area contributed by atoms with Crippen molar-refractivity contribution in [2.75, 3.05) is 52.7 Å². The van der Waals surface area contributed by atoms with E-state index in [0.717, 1.165) is 41.7 Å². The van der Waals surface area contributed by atoms with Crippen molar-refractivity contribution in [3.8, 4) is 0 Å². The maximum atomic E-state index is 13.4. The van der Waals surface area contributed by atoms with Gasteiger partial charge in [-0.25, -0.2) is 0 Å². The summed E-state index contributed by atoms with van der Waals surface area (Å²) in [6, 6.07) is -0.724. The van der Waals surface area contributed by atoms with Gasteiger partial charge in [0.05, 0.1) is 26.4 Å². The highest BCUT2D eigenvalue weighted by molar-refractivity contribution is 5.93. The summed E-state index contributed by atoms with van der Waals surface area (Å²) in [7, 11) is 0. The highest BCUT2D eigenvalue weighted by atomic mass is 16.5. The summed E-state index contributed by atoms with van der Waals surface area (Å²) < 4.78 is 16.6. The molecule has 0 fully saturated rings. The summed E-state index contributed by atoms with van der Waals surface area (Å²) >= 11 is 0. The molecule has 3 N–H and O–H groups in total. The van der Waals surface area contributed by atoms with Crippen LogP contribution in [0.2, 0.25) is 0 Å². The minimum absolute atomic E-state index is 0.164. The van der Waals surface area contributed by atoms with E-state index in [4.69, 9.17) is 14.2 Å². The van der Waals surface area contributed by atoms with Crippen molar-refractivity contribution < 1.29 is 28.6 Å². The fourth-order valence-electron chi connectivity index (χ4n) is 8.19. The molecule has 0 bridgehead atoms. The molecule has 2 aliphatic carbocycles. The van der Waals surface area contributed by atoms with Gasteiger partial charge in [-0.1, -0.05) is 118 Å². The second kappa shape index (κ2) is 31.6. The average molecular weight is 898 g/mol. The van der Waals surface area contributed by atoms with E-state index < -0.39 is 6.04 Å². The van der Waals surface area contributed by atoms with Gasteiger partial charge >= 0.3 is 0 Å². The van der Waals surface area contributed by atoms with Gasteiger partial charge < -0.3 is 30.2 Å². The minimum atomic E-state index is -0.724. The van der Waals surface area contributed by atoms with Crippen molar-refractivity contribution in [3.63, 3.8) is 0 Å². The summed E-state index contributed by atoms with van der Waals surface area (Å²) in [5.41, 5.74) is 10.1. The van der Waals surface area contributed by atoms with E-state index in [9.17, 15) is 14.4 Å². The molecule has 0 heterocycles. The number of amides is 3. The summed E-state index contributed by atoms with van der Waals surface area (Å²) in [5.74, 6) is -0.740. The molecular weight excluding hydrogens is 811 g/mol. The summed E-state index contributed by atoms with van der Waals surface area (Å²) in [5, 5.41) is 8.85. The Kier molecular flexibility index (Phi) is 27.6. The normalized spacial score (nSPS) is 18.1. The van der Waals surface area contributed by atoms with Gasteiger partial charge in [0.15, 0.2) is 0 Å². The predicted octanol–water partition coefficient (Wildman–Crippen LogP) is 11.8. The van der Waals surface area contributed by atoms with Crippen LogP contribution in [0.15, 0.2) is 117 Å². The SMILES string of the molecule is CCCOCCOCCOCCCNC(=O)[C@H](CCCCNC(=O)/C=C(C)/C=C/C=C(C)/C=C/C1=C(C)CCCC1(C)C)NC(=O)/C=C(C)/C=C/C=C(C)/C=C/C1=C(C)CCCC1(C)C. The van der Waals surface area contributed by atoms with E-state index >= 15 is 0 Å². The maximum Gasteiger partial charge on any atom is 0.244 e. The quantitative estimate of drug-likeness (QED) is 0.0391. The third-order valence-corrected chi connectivity index (χ3v) is 12.0. The number of unbranched alkanes of at least 4 members (excludes halogenated alkanes) is 1. The second-order valence-corrected chi connectivity index (χ2v) is 19.2. The van der Waals surface area contributed by atoms with Crippen molar-refractivity contribution in [2.24, 2.45) is 10.8 Å². The molecule has 0 aromatic rings. The first-order valence-electron chi connectivity index (χ1n) is 24.4. The molecule has 0 aliphatic heterocycles. The Morgan fingerprint density at radius 3 is 1.58 bits per heavy atom. The predicted molar refractivity (Wildman–Crippen MR) is 271 cm³/mol. The zero-order valence-electron chi connectivity index (χ0n) is 42.4. The standard InChI is InChI=1S/C56H87N3O6/c1-12-35-63-37-39-65-40-38-64-36-19-34-58-54(62)51(59-53(61)42-46(5)23-16-21-44(3)28-30-50-48(7)25-18-32-56(50,10)11)26-13-14-33-57-52(60)41-45(4)22-15-20-43(2)27-29-49-47(6)24-17-31-55(49,8)9/h15-16,20-23,27-30,41-42,51H,12-14,17-19,24-26,31-40H2,1-11H3,(H,57,60)(H,58,62)(H,59,61)/b22-15+,23-16+,29-27+,30-28+,43-20+,44-21+,45-41+,46-42+/t51-/m0/s1. The van der Waals surface area contributed by atoms with Gasteiger partial charge in [-0.05, 0) is 145 Å². The first-order valence-corrected chi connectivity index (χ1v) is 24.4. The van der Waals surface area contributed by atoms with E-state index in [1.807, 2.05) is 44.2 Å². The largest absolute Gasteiger partial charge is 0.379 e. The molecule has 65 heavy (non-hydrogen) atoms. The molecular formula is C56H87N3O6. The molecule has 0 radical (unpaired) electrons. The zero-order valence-corrected chi connectivity index (χ0v) is 42.4. The zero-order chi connectivity index (χ0) is 48.1.